The van der Waals surface area contributed by atoms with Gasteiger partial charge in [0.15, 0.2) is 0 Å². The van der Waals surface area contributed by atoms with E-state index in [-0.39, 0.29) is 5.97 Å². The van der Waals surface area contributed by atoms with E-state index in [4.69, 9.17) is 15.2 Å². The quantitative estimate of drug-likeness (QED) is 0.575. The number of esters is 1. The lowest BCUT2D eigenvalue weighted by atomic mass is 10.1. The van der Waals surface area contributed by atoms with Crippen molar-refractivity contribution in [2.45, 2.75) is 91.9 Å². The van der Waals surface area contributed by atoms with Gasteiger partial charge in [-0.05, 0) is 60.8 Å². The van der Waals surface area contributed by atoms with Crippen LogP contribution in [-0.2, 0) is 14.3 Å². The molecule has 0 saturated carbocycles. The van der Waals surface area contributed by atoms with Crippen molar-refractivity contribution in [3.8, 4) is 0 Å². The Kier molecular flexibility index (Phi) is 11.7. The number of amides is 1. The van der Waals surface area contributed by atoms with E-state index in [0.717, 1.165) is 12.8 Å². The molecular weight excluding hydrogens is 296 g/mol. The van der Waals surface area contributed by atoms with E-state index in [1.54, 1.807) is 0 Å². The largest absolute Gasteiger partial charge is 0.459 e. The van der Waals surface area contributed by atoms with Crippen LogP contribution < -0.4 is 11.1 Å². The van der Waals surface area contributed by atoms with Gasteiger partial charge in [-0.2, -0.15) is 0 Å². The van der Waals surface area contributed by atoms with Crippen LogP contribution in [0.1, 0.15) is 74.7 Å². The number of ether oxygens (including phenoxy) is 2. The highest BCUT2D eigenvalue weighted by Gasteiger charge is 2.21. The lowest BCUT2D eigenvalue weighted by Crippen LogP contribution is -2.37. The third-order valence-electron chi connectivity index (χ3n) is 2.32. The summed E-state index contributed by atoms with van der Waals surface area (Å²) in [4.78, 5) is 23.0. The summed E-state index contributed by atoms with van der Waals surface area (Å²) in [5.74, 6) is -0.386. The minimum atomic E-state index is -0.620. The zero-order valence-electron chi connectivity index (χ0n) is 16.1. The number of nitrogens with one attached hydrogen (secondary N) is 1. The maximum atomic E-state index is 11.7. The van der Waals surface area contributed by atoms with E-state index in [1.165, 1.54) is 0 Å². The Hall–Kier alpha value is -1.30. The van der Waals surface area contributed by atoms with Gasteiger partial charge in [0, 0.05) is 6.54 Å². The molecule has 23 heavy (non-hydrogen) atoms. The first kappa shape index (κ1) is 24.0. The molecule has 0 rings (SSSR count). The molecule has 0 aromatic rings. The Balaban J connectivity index is 0. The maximum absolute atomic E-state index is 11.7. The third kappa shape index (κ3) is 16.9. The lowest BCUT2D eigenvalue weighted by Gasteiger charge is -2.22. The monoisotopic (exact) mass is 332 g/mol. The van der Waals surface area contributed by atoms with E-state index in [2.05, 4.69) is 5.32 Å². The maximum Gasteiger partial charge on any atom is 0.407 e. The molecule has 0 spiro atoms. The van der Waals surface area contributed by atoms with Crippen molar-refractivity contribution >= 4 is 12.1 Å². The van der Waals surface area contributed by atoms with Crippen molar-refractivity contribution in [3.05, 3.63) is 0 Å². The number of carbonyl (C=O) groups is 2. The molecule has 1 atom stereocenters. The Morgan fingerprint density at radius 1 is 0.957 bits per heavy atom. The van der Waals surface area contributed by atoms with Gasteiger partial charge in [0.2, 0.25) is 0 Å². The van der Waals surface area contributed by atoms with Crippen LogP contribution in [0, 0.1) is 0 Å². The molecule has 1 amide bonds. The van der Waals surface area contributed by atoms with Crippen molar-refractivity contribution in [1.29, 1.82) is 0 Å². The fourth-order valence-electron chi connectivity index (χ4n) is 1.49. The van der Waals surface area contributed by atoms with Crippen LogP contribution in [0.2, 0.25) is 0 Å². The zero-order chi connectivity index (χ0) is 18.7. The van der Waals surface area contributed by atoms with E-state index in [1.807, 2.05) is 55.4 Å². The molecule has 0 aliphatic rings. The predicted octanol–water partition coefficient (Wildman–Crippen LogP) is 3.38. The molecule has 0 fully saturated rings. The van der Waals surface area contributed by atoms with Crippen LogP contribution in [0.15, 0.2) is 0 Å². The Morgan fingerprint density at radius 3 is 1.87 bits per heavy atom. The molecule has 0 heterocycles. The van der Waals surface area contributed by atoms with Gasteiger partial charge in [0.05, 0.1) is 0 Å². The minimum Gasteiger partial charge on any atom is -0.459 e. The summed E-state index contributed by atoms with van der Waals surface area (Å²) in [5, 5.41) is 2.66. The molecule has 0 radical (unpaired) electrons. The Bertz CT molecular complexity index is 343. The highest BCUT2D eigenvalue weighted by Crippen LogP contribution is 2.10. The molecular formula is C17H36N2O4. The van der Waals surface area contributed by atoms with Gasteiger partial charge in [0.25, 0.3) is 0 Å². The fourth-order valence-corrected chi connectivity index (χ4v) is 1.49. The van der Waals surface area contributed by atoms with Gasteiger partial charge in [-0.1, -0.05) is 13.8 Å². The topological polar surface area (TPSA) is 90.6 Å². The molecule has 0 aromatic carbocycles. The predicted molar refractivity (Wildman–Crippen MR) is 93.3 cm³/mol. The fraction of sp³-hybridized carbons (Fsp3) is 0.882. The van der Waals surface area contributed by atoms with Crippen LogP contribution in [0.5, 0.6) is 0 Å². The van der Waals surface area contributed by atoms with Crippen LogP contribution >= 0.6 is 0 Å². The van der Waals surface area contributed by atoms with E-state index < -0.39 is 23.3 Å². The second-order valence-corrected chi connectivity index (χ2v) is 7.06. The standard InChI is InChI=1S/C15H30N2O4.C2H6/c1-14(2,3)20-12(18)11(16)9-7-8-10-17-13(19)21-15(4,5)6;1-2/h11H,7-10,16H2,1-6H3,(H,17,19);1-2H3. The minimum absolute atomic E-state index is 0.386. The molecule has 0 bridgehead atoms. The number of hydrogen-bond acceptors (Lipinski definition) is 5. The molecule has 0 aliphatic carbocycles. The number of nitrogens with two attached hydrogens (primary N) is 1. The molecule has 138 valence electrons. The van der Waals surface area contributed by atoms with Gasteiger partial charge in [-0.3, -0.25) is 4.79 Å². The van der Waals surface area contributed by atoms with Crippen LogP contribution in [-0.4, -0.2) is 35.9 Å². The lowest BCUT2D eigenvalue weighted by molar-refractivity contribution is -0.156. The van der Waals surface area contributed by atoms with Crippen molar-refractivity contribution in [1.82, 2.24) is 5.32 Å². The summed E-state index contributed by atoms with van der Waals surface area (Å²) in [5.41, 5.74) is 4.75. The highest BCUT2D eigenvalue weighted by atomic mass is 16.6. The summed E-state index contributed by atoms with van der Waals surface area (Å²) in [7, 11) is 0. The first-order valence-electron chi connectivity index (χ1n) is 8.36. The summed E-state index contributed by atoms with van der Waals surface area (Å²) >= 11 is 0. The van der Waals surface area contributed by atoms with Crippen molar-refractivity contribution in [3.63, 3.8) is 0 Å². The van der Waals surface area contributed by atoms with Gasteiger partial charge < -0.3 is 20.5 Å². The van der Waals surface area contributed by atoms with Gasteiger partial charge in [0.1, 0.15) is 17.2 Å². The third-order valence-corrected chi connectivity index (χ3v) is 2.32. The average molecular weight is 332 g/mol. The second-order valence-electron chi connectivity index (χ2n) is 7.06. The van der Waals surface area contributed by atoms with Crippen LogP contribution in [0.4, 0.5) is 4.79 Å². The molecule has 6 heteroatoms. The number of hydrogen-bond donors (Lipinski definition) is 2. The zero-order valence-corrected chi connectivity index (χ0v) is 16.1. The molecule has 0 aromatic heterocycles. The number of unbranched alkanes of at least 4 members (excludes halogenated alkanes) is 1. The van der Waals surface area contributed by atoms with Gasteiger partial charge in [-0.25, -0.2) is 4.79 Å². The number of rotatable bonds is 6. The Labute approximate surface area is 141 Å². The van der Waals surface area contributed by atoms with Gasteiger partial charge >= 0.3 is 12.1 Å². The van der Waals surface area contributed by atoms with Crippen molar-refractivity contribution in [2.24, 2.45) is 5.73 Å². The molecule has 6 nitrogen and oxygen atoms in total. The number of carbonyl (C=O) groups excluding carboxylic acids is 2. The van der Waals surface area contributed by atoms with Crippen molar-refractivity contribution < 1.29 is 19.1 Å². The molecule has 0 aliphatic heterocycles. The Morgan fingerprint density at radius 2 is 1.43 bits per heavy atom. The summed E-state index contributed by atoms with van der Waals surface area (Å²) in [6.45, 7) is 15.4. The normalized spacial score (nSPS) is 12.6. The SMILES string of the molecule is CC.CC(C)(C)OC(=O)NCCCCC(N)C(=O)OC(C)(C)C. The smallest absolute Gasteiger partial charge is 0.407 e. The summed E-state index contributed by atoms with van der Waals surface area (Å²) < 4.78 is 10.3. The number of alkyl carbamates (subject to hydrolysis) is 1. The molecule has 3 N–H and O–H groups in total. The van der Waals surface area contributed by atoms with Crippen LogP contribution in [0.3, 0.4) is 0 Å². The summed E-state index contributed by atoms with van der Waals surface area (Å²) in [6.07, 6.45) is 1.57. The van der Waals surface area contributed by atoms with E-state index >= 15 is 0 Å². The average Bonchev–Trinajstić information content (AvgIpc) is 2.36. The van der Waals surface area contributed by atoms with Crippen LogP contribution in [0.25, 0.3) is 0 Å². The summed E-state index contributed by atoms with van der Waals surface area (Å²) in [6, 6.07) is -0.620. The first-order valence-corrected chi connectivity index (χ1v) is 8.36. The second kappa shape index (κ2) is 11.3. The van der Waals surface area contributed by atoms with E-state index in [9.17, 15) is 9.59 Å². The molecule has 0 saturated heterocycles. The van der Waals surface area contributed by atoms with Crippen molar-refractivity contribution in [2.75, 3.05) is 6.54 Å². The van der Waals surface area contributed by atoms with E-state index in [0.29, 0.717) is 13.0 Å². The first-order chi connectivity index (χ1) is 10.4. The molecule has 1 unspecified atom stereocenters. The highest BCUT2D eigenvalue weighted by molar-refractivity contribution is 5.75. The van der Waals surface area contributed by atoms with Gasteiger partial charge in [-0.15, -0.1) is 0 Å².